The minimum absolute atomic E-state index is 0.0142. The van der Waals surface area contributed by atoms with E-state index in [1.807, 2.05) is 0 Å². The molecule has 0 aliphatic heterocycles. The molecule has 0 atom stereocenters. The number of nitriles is 3. The first-order chi connectivity index (χ1) is 8.62. The van der Waals surface area contributed by atoms with Gasteiger partial charge in [-0.1, -0.05) is 12.1 Å². The first-order valence-corrected chi connectivity index (χ1v) is 4.80. The lowest BCUT2D eigenvalue weighted by atomic mass is 10.1. The molecule has 86 valence electrons. The highest BCUT2D eigenvalue weighted by molar-refractivity contribution is 5.66. The van der Waals surface area contributed by atoms with E-state index in [0.717, 1.165) is 0 Å². The van der Waals surface area contributed by atoms with Gasteiger partial charge in [-0.15, -0.1) is 0 Å². The monoisotopic (exact) mass is 238 g/mol. The molecule has 0 radical (unpaired) electrons. The lowest BCUT2D eigenvalue weighted by Crippen LogP contribution is -2.03. The second-order valence-electron chi connectivity index (χ2n) is 3.23. The third-order valence-electron chi connectivity index (χ3n) is 2.08. The number of nitrogens with zero attached hydrogens (tertiary/aromatic N) is 3. The molecule has 0 heterocycles. The smallest absolute Gasteiger partial charge is 0.153 e. The van der Waals surface area contributed by atoms with Crippen LogP contribution in [-0.4, -0.2) is 0 Å². The fraction of sp³-hybridized carbons (Fsp3) is 0. The van der Waals surface area contributed by atoms with Gasteiger partial charge in [0, 0.05) is 0 Å². The molecule has 0 spiro atoms. The Hall–Kier alpha value is -3.10. The zero-order chi connectivity index (χ0) is 13.5. The summed E-state index contributed by atoms with van der Waals surface area (Å²) in [6, 6.07) is 10.4. The van der Waals surface area contributed by atoms with Crippen LogP contribution in [0.1, 0.15) is 5.56 Å². The first kappa shape index (κ1) is 13.0. The summed E-state index contributed by atoms with van der Waals surface area (Å²) in [6.07, 6.45) is 1.38. The molecule has 1 aromatic rings. The van der Waals surface area contributed by atoms with Crippen molar-refractivity contribution in [3.8, 4) is 18.2 Å². The van der Waals surface area contributed by atoms with Gasteiger partial charge < -0.3 is 5.73 Å². The molecule has 2 N–H and O–H groups in total. The van der Waals surface area contributed by atoms with Gasteiger partial charge in [0.25, 0.3) is 0 Å². The summed E-state index contributed by atoms with van der Waals surface area (Å²) in [5.41, 5.74) is 5.56. The van der Waals surface area contributed by atoms with Crippen LogP contribution in [0.3, 0.4) is 0 Å². The molecule has 0 bridgehead atoms. The number of hydrogen-bond acceptors (Lipinski definition) is 4. The third-order valence-corrected chi connectivity index (χ3v) is 2.08. The molecule has 5 heteroatoms. The Kier molecular flexibility index (Phi) is 4.21. The van der Waals surface area contributed by atoms with Crippen LogP contribution in [0.25, 0.3) is 6.08 Å². The second kappa shape index (κ2) is 5.84. The number of hydrogen-bond donors (Lipinski definition) is 1. The topological polar surface area (TPSA) is 97.4 Å². The van der Waals surface area contributed by atoms with E-state index in [-0.39, 0.29) is 16.8 Å². The molecular formula is C13H7FN4. The molecule has 0 saturated heterocycles. The van der Waals surface area contributed by atoms with Gasteiger partial charge in [-0.3, -0.25) is 0 Å². The predicted molar refractivity (Wildman–Crippen MR) is 62.4 cm³/mol. The van der Waals surface area contributed by atoms with Crippen molar-refractivity contribution < 1.29 is 4.39 Å². The molecule has 0 unspecified atom stereocenters. The van der Waals surface area contributed by atoms with Gasteiger partial charge in [-0.25, -0.2) is 4.39 Å². The lowest BCUT2D eigenvalue weighted by molar-refractivity contribution is 0.628. The van der Waals surface area contributed by atoms with Crippen LogP contribution in [0.2, 0.25) is 0 Å². The van der Waals surface area contributed by atoms with Crippen molar-refractivity contribution >= 4 is 6.08 Å². The van der Waals surface area contributed by atoms with Crippen LogP contribution >= 0.6 is 0 Å². The van der Waals surface area contributed by atoms with Crippen molar-refractivity contribution in [2.45, 2.75) is 0 Å². The molecule has 1 rings (SSSR count). The molecule has 0 aliphatic carbocycles. The summed E-state index contributed by atoms with van der Waals surface area (Å²) in [6.45, 7) is 0. The molecule has 1 aromatic carbocycles. The first-order valence-electron chi connectivity index (χ1n) is 4.80. The Morgan fingerprint density at radius 3 is 2.06 bits per heavy atom. The number of halogens is 1. The molecule has 18 heavy (non-hydrogen) atoms. The van der Waals surface area contributed by atoms with Gasteiger partial charge in [0.2, 0.25) is 0 Å². The van der Waals surface area contributed by atoms with Crippen LogP contribution in [0, 0.1) is 39.8 Å². The van der Waals surface area contributed by atoms with Crippen LogP contribution in [0.5, 0.6) is 0 Å². The minimum atomic E-state index is -0.399. The molecular weight excluding hydrogens is 231 g/mol. The van der Waals surface area contributed by atoms with E-state index in [1.54, 1.807) is 18.2 Å². The lowest BCUT2D eigenvalue weighted by Gasteiger charge is -1.99. The summed E-state index contributed by atoms with van der Waals surface area (Å²) < 4.78 is 12.7. The third kappa shape index (κ3) is 2.95. The molecule has 0 aliphatic rings. The molecule has 4 nitrogen and oxygen atoms in total. The molecule has 0 aromatic heterocycles. The van der Waals surface area contributed by atoms with E-state index in [1.165, 1.54) is 30.3 Å². The van der Waals surface area contributed by atoms with E-state index in [4.69, 9.17) is 21.5 Å². The van der Waals surface area contributed by atoms with Crippen molar-refractivity contribution in [3.05, 3.63) is 52.5 Å². The Labute approximate surface area is 103 Å². The fourth-order valence-corrected chi connectivity index (χ4v) is 1.18. The quantitative estimate of drug-likeness (QED) is 0.629. The SMILES string of the molecule is N#CC(C#N)=C(N)/C(C#N)=C/c1ccc(F)cc1. The maximum absolute atomic E-state index is 12.7. The summed E-state index contributed by atoms with van der Waals surface area (Å²) in [4.78, 5) is 0. The number of rotatable bonds is 2. The fourth-order valence-electron chi connectivity index (χ4n) is 1.18. The summed E-state index contributed by atoms with van der Waals surface area (Å²) in [7, 11) is 0. The van der Waals surface area contributed by atoms with E-state index in [9.17, 15) is 4.39 Å². The molecule has 0 amide bonds. The van der Waals surface area contributed by atoms with Crippen molar-refractivity contribution in [1.29, 1.82) is 15.8 Å². The van der Waals surface area contributed by atoms with Crippen LogP contribution < -0.4 is 5.73 Å². The zero-order valence-electron chi connectivity index (χ0n) is 9.18. The van der Waals surface area contributed by atoms with Gasteiger partial charge in [0.15, 0.2) is 5.57 Å². The molecule has 0 saturated carbocycles. The number of nitrogens with two attached hydrogens (primary N) is 1. The van der Waals surface area contributed by atoms with Crippen molar-refractivity contribution in [2.24, 2.45) is 5.73 Å². The van der Waals surface area contributed by atoms with Gasteiger partial charge in [-0.05, 0) is 23.8 Å². The van der Waals surface area contributed by atoms with E-state index in [2.05, 4.69) is 0 Å². The molecule has 0 fully saturated rings. The number of benzene rings is 1. The zero-order valence-corrected chi connectivity index (χ0v) is 9.18. The van der Waals surface area contributed by atoms with Gasteiger partial charge in [-0.2, -0.15) is 15.8 Å². The highest BCUT2D eigenvalue weighted by Crippen LogP contribution is 2.14. The number of allylic oxidation sites excluding steroid dienone is 2. The van der Waals surface area contributed by atoms with Gasteiger partial charge in [0.1, 0.15) is 24.0 Å². The standard InChI is InChI=1S/C13H7FN4/c14-12-3-1-9(2-4-12)5-10(6-15)13(18)11(7-16)8-17/h1-5H,18H2/b10-5+. The van der Waals surface area contributed by atoms with Gasteiger partial charge >= 0.3 is 0 Å². The summed E-state index contributed by atoms with van der Waals surface area (Å²) >= 11 is 0. The Balaban J connectivity index is 3.26. The van der Waals surface area contributed by atoms with E-state index < -0.39 is 5.82 Å². The highest BCUT2D eigenvalue weighted by Gasteiger charge is 2.07. The summed E-state index contributed by atoms with van der Waals surface area (Å²) in [5.74, 6) is -0.399. The predicted octanol–water partition coefficient (Wildman–Crippen LogP) is 1.99. The average molecular weight is 238 g/mol. The van der Waals surface area contributed by atoms with Crippen LogP contribution in [-0.2, 0) is 0 Å². The van der Waals surface area contributed by atoms with Gasteiger partial charge in [0.05, 0.1) is 11.3 Å². The summed E-state index contributed by atoms with van der Waals surface area (Å²) in [5, 5.41) is 26.2. The van der Waals surface area contributed by atoms with Crippen molar-refractivity contribution in [1.82, 2.24) is 0 Å². The second-order valence-corrected chi connectivity index (χ2v) is 3.23. The van der Waals surface area contributed by atoms with E-state index >= 15 is 0 Å². The van der Waals surface area contributed by atoms with Crippen molar-refractivity contribution in [3.63, 3.8) is 0 Å². The van der Waals surface area contributed by atoms with Crippen LogP contribution in [0.4, 0.5) is 4.39 Å². The Bertz CT molecular complexity index is 618. The normalized spacial score (nSPS) is 9.78. The Morgan fingerprint density at radius 2 is 1.61 bits per heavy atom. The minimum Gasteiger partial charge on any atom is -0.396 e. The van der Waals surface area contributed by atoms with E-state index in [0.29, 0.717) is 5.56 Å². The largest absolute Gasteiger partial charge is 0.396 e. The van der Waals surface area contributed by atoms with Crippen molar-refractivity contribution in [2.75, 3.05) is 0 Å². The Morgan fingerprint density at radius 1 is 1.06 bits per heavy atom. The maximum atomic E-state index is 12.7. The highest BCUT2D eigenvalue weighted by atomic mass is 19.1. The average Bonchev–Trinajstić information content (AvgIpc) is 2.39. The van der Waals surface area contributed by atoms with Crippen LogP contribution in [0.15, 0.2) is 41.1 Å². The maximum Gasteiger partial charge on any atom is 0.153 e.